The van der Waals surface area contributed by atoms with Gasteiger partial charge in [0.2, 0.25) is 0 Å². The van der Waals surface area contributed by atoms with Gasteiger partial charge in [-0.2, -0.15) is 10.2 Å². The number of ether oxygens (including phenoxy) is 2. The Hall–Kier alpha value is -2.95. The molecule has 0 fully saturated rings. The van der Waals surface area contributed by atoms with Gasteiger partial charge in [0, 0.05) is 5.57 Å². The maximum atomic E-state index is 11.9. The van der Waals surface area contributed by atoms with Gasteiger partial charge in [-0.05, 0) is 93.3 Å². The molecule has 0 N–H and O–H groups in total. The van der Waals surface area contributed by atoms with Crippen molar-refractivity contribution in [1.29, 1.82) is 0 Å². The molecule has 0 saturated heterocycles. The second kappa shape index (κ2) is 20.0. The first-order valence-electron chi connectivity index (χ1n) is 15.1. The van der Waals surface area contributed by atoms with Gasteiger partial charge in [0.05, 0.1) is 24.6 Å². The predicted octanol–water partition coefficient (Wildman–Crippen LogP) is 10.5. The van der Waals surface area contributed by atoms with Crippen molar-refractivity contribution in [2.45, 2.75) is 104 Å². The Kier molecular flexibility index (Phi) is 16.6. The highest BCUT2D eigenvalue weighted by Gasteiger charge is 2.12. The summed E-state index contributed by atoms with van der Waals surface area (Å²) < 4.78 is 11.4. The molecular weight excluding hydrogens is 484 g/mol. The summed E-state index contributed by atoms with van der Waals surface area (Å²) in [5.41, 5.74) is 3.47. The molecule has 0 aliphatic rings. The molecule has 1 unspecified atom stereocenters. The van der Waals surface area contributed by atoms with Gasteiger partial charge < -0.3 is 9.47 Å². The number of nitrogens with zero attached hydrogens (tertiary/aromatic N) is 2. The Morgan fingerprint density at radius 2 is 1.33 bits per heavy atom. The Labute approximate surface area is 237 Å². The number of benzene rings is 2. The number of carbonyl (C=O) groups is 1. The molecule has 0 aliphatic carbocycles. The highest BCUT2D eigenvalue weighted by Crippen LogP contribution is 2.23. The summed E-state index contributed by atoms with van der Waals surface area (Å²) in [6.45, 7) is 11.0. The van der Waals surface area contributed by atoms with Gasteiger partial charge in [0.1, 0.15) is 5.75 Å². The first-order valence-corrected chi connectivity index (χ1v) is 15.1. The molecule has 2 aromatic rings. The number of carbonyl (C=O) groups excluding carboxylic acids is 1. The lowest BCUT2D eigenvalue weighted by molar-refractivity contribution is -0.140. The van der Waals surface area contributed by atoms with E-state index in [4.69, 9.17) is 9.47 Å². The molecule has 1 atom stereocenters. The van der Waals surface area contributed by atoms with Gasteiger partial charge in [-0.3, -0.25) is 0 Å². The summed E-state index contributed by atoms with van der Waals surface area (Å²) >= 11 is 0. The molecule has 214 valence electrons. The monoisotopic (exact) mass is 534 g/mol. The molecule has 0 spiro atoms. The van der Waals surface area contributed by atoms with E-state index in [-0.39, 0.29) is 5.97 Å². The van der Waals surface area contributed by atoms with E-state index >= 15 is 0 Å². The van der Waals surface area contributed by atoms with Crippen LogP contribution in [0.2, 0.25) is 0 Å². The van der Waals surface area contributed by atoms with E-state index < -0.39 is 0 Å². The van der Waals surface area contributed by atoms with Crippen molar-refractivity contribution in [3.05, 3.63) is 66.2 Å². The number of hydrogen-bond donors (Lipinski definition) is 0. The van der Waals surface area contributed by atoms with Crippen LogP contribution >= 0.6 is 0 Å². The fourth-order valence-electron chi connectivity index (χ4n) is 4.40. The van der Waals surface area contributed by atoms with E-state index in [0.717, 1.165) is 49.2 Å². The fourth-order valence-corrected chi connectivity index (χ4v) is 4.40. The lowest BCUT2D eigenvalue weighted by Gasteiger charge is -2.17. The van der Waals surface area contributed by atoms with Crippen molar-refractivity contribution in [1.82, 2.24) is 0 Å². The molecule has 39 heavy (non-hydrogen) atoms. The first kappa shape index (κ1) is 32.3. The van der Waals surface area contributed by atoms with Gasteiger partial charge in [-0.25, -0.2) is 4.79 Å². The van der Waals surface area contributed by atoms with Crippen LogP contribution in [-0.2, 0) is 16.0 Å². The van der Waals surface area contributed by atoms with Crippen molar-refractivity contribution in [2.24, 2.45) is 16.1 Å². The van der Waals surface area contributed by atoms with Gasteiger partial charge >= 0.3 is 5.97 Å². The predicted molar refractivity (Wildman–Crippen MR) is 162 cm³/mol. The van der Waals surface area contributed by atoms with Crippen LogP contribution in [-0.4, -0.2) is 19.2 Å². The Morgan fingerprint density at radius 3 is 1.95 bits per heavy atom. The standard InChI is InChI=1S/C34H50N2O3/c1-5-7-9-10-11-12-16-30(27-39-34(37)28(3)4)17-13-14-26-38-33-24-22-32(23-25-33)36-35-31-20-18-29(19-21-31)15-8-6-2/h18-25,30H,3,5-17,26-27H2,1-2,4H3. The maximum absolute atomic E-state index is 11.9. The Balaban J connectivity index is 1.70. The molecule has 5 heteroatoms. The summed E-state index contributed by atoms with van der Waals surface area (Å²) in [4.78, 5) is 11.9. The van der Waals surface area contributed by atoms with Crippen molar-refractivity contribution >= 4 is 17.3 Å². The number of unbranched alkanes of at least 4 members (excludes halogenated alkanes) is 7. The zero-order valence-electron chi connectivity index (χ0n) is 24.6. The Morgan fingerprint density at radius 1 is 0.769 bits per heavy atom. The second-order valence-corrected chi connectivity index (χ2v) is 10.6. The van der Waals surface area contributed by atoms with Crippen LogP contribution in [0.5, 0.6) is 5.75 Å². The molecule has 0 saturated carbocycles. The molecule has 0 heterocycles. The SMILES string of the molecule is C=C(C)C(=O)OCC(CCCCCCCC)CCCCOc1ccc(N=Nc2ccc(CCCC)cc2)cc1. The summed E-state index contributed by atoms with van der Waals surface area (Å²) in [6.07, 6.45) is 15.4. The number of aryl methyl sites for hydroxylation is 1. The minimum atomic E-state index is -0.283. The van der Waals surface area contributed by atoms with Gasteiger partial charge in [0.15, 0.2) is 0 Å². The topological polar surface area (TPSA) is 60.2 Å². The summed E-state index contributed by atoms with van der Waals surface area (Å²) in [5.74, 6) is 0.958. The van der Waals surface area contributed by atoms with Crippen LogP contribution in [0.3, 0.4) is 0 Å². The normalized spacial score (nSPS) is 12.0. The van der Waals surface area contributed by atoms with Crippen molar-refractivity contribution in [3.63, 3.8) is 0 Å². The average Bonchev–Trinajstić information content (AvgIpc) is 2.95. The quantitative estimate of drug-likeness (QED) is 0.0692. The van der Waals surface area contributed by atoms with Gasteiger partial charge in [-0.15, -0.1) is 0 Å². The number of hydrogen-bond acceptors (Lipinski definition) is 5. The van der Waals surface area contributed by atoms with Crippen LogP contribution in [0.15, 0.2) is 70.9 Å². The van der Waals surface area contributed by atoms with Gasteiger partial charge in [-0.1, -0.05) is 77.5 Å². The lowest BCUT2D eigenvalue weighted by Crippen LogP contribution is -2.15. The van der Waals surface area contributed by atoms with Crippen LogP contribution in [0.1, 0.15) is 103 Å². The molecule has 5 nitrogen and oxygen atoms in total. The smallest absolute Gasteiger partial charge is 0.333 e. The van der Waals surface area contributed by atoms with E-state index in [1.54, 1.807) is 6.92 Å². The summed E-state index contributed by atoms with van der Waals surface area (Å²) in [5, 5.41) is 8.71. The van der Waals surface area contributed by atoms with Crippen molar-refractivity contribution < 1.29 is 14.3 Å². The molecule has 0 bridgehead atoms. The minimum absolute atomic E-state index is 0.283. The number of esters is 1. The van der Waals surface area contributed by atoms with Crippen molar-refractivity contribution in [3.8, 4) is 5.75 Å². The molecule has 0 radical (unpaired) electrons. The third kappa shape index (κ3) is 14.7. The second-order valence-electron chi connectivity index (χ2n) is 10.6. The fraction of sp³-hybridized carbons (Fsp3) is 0.559. The third-order valence-electron chi connectivity index (χ3n) is 6.91. The zero-order chi connectivity index (χ0) is 28.1. The molecule has 0 aromatic heterocycles. The summed E-state index contributed by atoms with van der Waals surface area (Å²) in [7, 11) is 0. The third-order valence-corrected chi connectivity index (χ3v) is 6.91. The number of azo groups is 1. The van der Waals surface area contributed by atoms with Crippen LogP contribution < -0.4 is 4.74 Å². The van der Waals surface area contributed by atoms with Crippen LogP contribution in [0, 0.1) is 5.92 Å². The van der Waals surface area contributed by atoms with Crippen LogP contribution in [0.4, 0.5) is 11.4 Å². The summed E-state index contributed by atoms with van der Waals surface area (Å²) in [6, 6.07) is 16.1. The average molecular weight is 535 g/mol. The van der Waals surface area contributed by atoms with Crippen LogP contribution in [0.25, 0.3) is 0 Å². The van der Waals surface area contributed by atoms with Gasteiger partial charge in [0.25, 0.3) is 0 Å². The van der Waals surface area contributed by atoms with E-state index in [2.05, 4.69) is 42.8 Å². The highest BCUT2D eigenvalue weighted by molar-refractivity contribution is 5.86. The van der Waals surface area contributed by atoms with E-state index in [9.17, 15) is 4.79 Å². The molecule has 2 aromatic carbocycles. The van der Waals surface area contributed by atoms with E-state index in [0.29, 0.717) is 24.7 Å². The molecule has 0 amide bonds. The number of rotatable bonds is 21. The zero-order valence-corrected chi connectivity index (χ0v) is 24.6. The largest absolute Gasteiger partial charge is 0.494 e. The highest BCUT2D eigenvalue weighted by atomic mass is 16.5. The Bertz CT molecular complexity index is 967. The first-order chi connectivity index (χ1) is 19.0. The van der Waals surface area contributed by atoms with E-state index in [1.165, 1.54) is 56.9 Å². The van der Waals surface area contributed by atoms with E-state index in [1.807, 2.05) is 36.4 Å². The van der Waals surface area contributed by atoms with Crippen molar-refractivity contribution in [2.75, 3.05) is 13.2 Å². The molecular formula is C34H50N2O3. The lowest BCUT2D eigenvalue weighted by atomic mass is 9.95. The minimum Gasteiger partial charge on any atom is -0.494 e. The molecule has 0 aliphatic heterocycles. The molecule has 2 rings (SSSR count). The maximum Gasteiger partial charge on any atom is 0.333 e.